The third kappa shape index (κ3) is 5.99. The molecule has 0 spiro atoms. The van der Waals surface area contributed by atoms with Crippen LogP contribution in [0.15, 0.2) is 48.5 Å². The number of urea groups is 1. The van der Waals surface area contributed by atoms with Crippen LogP contribution in [0.4, 0.5) is 4.79 Å². The van der Waals surface area contributed by atoms with E-state index in [2.05, 4.69) is 10.6 Å². The summed E-state index contributed by atoms with van der Waals surface area (Å²) in [5.74, 6) is 1.70. The molecule has 0 heterocycles. The fourth-order valence-electron chi connectivity index (χ4n) is 2.64. The third-order valence-corrected chi connectivity index (χ3v) is 4.19. The maximum Gasteiger partial charge on any atom is 0.315 e. The predicted molar refractivity (Wildman–Crippen MR) is 104 cm³/mol. The maximum atomic E-state index is 12.1. The molecular weight excluding hydrogens is 328 g/mol. The normalized spacial score (nSPS) is 11.5. The number of amides is 2. The van der Waals surface area contributed by atoms with Crippen molar-refractivity contribution in [3.8, 4) is 11.5 Å². The van der Waals surface area contributed by atoms with Gasteiger partial charge in [-0.3, -0.25) is 0 Å². The Bertz CT molecular complexity index is 686. The lowest BCUT2D eigenvalue weighted by molar-refractivity contribution is 0.235. The Morgan fingerprint density at radius 2 is 1.85 bits per heavy atom. The zero-order valence-corrected chi connectivity index (χ0v) is 15.7. The Morgan fingerprint density at radius 3 is 2.50 bits per heavy atom. The average Bonchev–Trinajstić information content (AvgIpc) is 2.67. The summed E-state index contributed by atoms with van der Waals surface area (Å²) in [6.07, 6.45) is 1.57. The molecule has 0 aliphatic heterocycles. The average molecular weight is 356 g/mol. The number of methoxy groups -OCH3 is 1. The fourth-order valence-corrected chi connectivity index (χ4v) is 2.64. The molecule has 0 aromatic heterocycles. The van der Waals surface area contributed by atoms with Crippen LogP contribution in [0.5, 0.6) is 11.5 Å². The molecule has 0 aliphatic carbocycles. The van der Waals surface area contributed by atoms with Crippen molar-refractivity contribution in [1.82, 2.24) is 10.6 Å². The lowest BCUT2D eigenvalue weighted by atomic mass is 10.0. The van der Waals surface area contributed by atoms with Crippen LogP contribution in [0.1, 0.15) is 36.9 Å². The number of hydrogen-bond donors (Lipinski definition) is 2. The Morgan fingerprint density at radius 1 is 1.12 bits per heavy atom. The molecule has 5 heteroatoms. The summed E-state index contributed by atoms with van der Waals surface area (Å²) in [5.41, 5.74) is 2.18. The van der Waals surface area contributed by atoms with Crippen LogP contribution in [-0.4, -0.2) is 26.3 Å². The molecule has 1 atom stereocenters. The minimum absolute atomic E-state index is 0.0240. The topological polar surface area (TPSA) is 59.6 Å². The van der Waals surface area contributed by atoms with Gasteiger partial charge < -0.3 is 20.1 Å². The highest BCUT2D eigenvalue weighted by Crippen LogP contribution is 2.20. The second-order valence-corrected chi connectivity index (χ2v) is 6.10. The van der Waals surface area contributed by atoms with Crippen molar-refractivity contribution < 1.29 is 14.3 Å². The van der Waals surface area contributed by atoms with Crippen LogP contribution < -0.4 is 20.1 Å². The quantitative estimate of drug-likeness (QED) is 0.661. The molecule has 5 nitrogen and oxygen atoms in total. The molecule has 2 rings (SSSR count). The molecule has 0 aliphatic rings. The molecule has 0 bridgehead atoms. The first-order valence-electron chi connectivity index (χ1n) is 9.00. The van der Waals surface area contributed by atoms with E-state index in [0.717, 1.165) is 35.5 Å². The van der Waals surface area contributed by atoms with Crippen LogP contribution in [0, 0.1) is 6.92 Å². The molecule has 2 aromatic rings. The Hall–Kier alpha value is -2.69. The van der Waals surface area contributed by atoms with Gasteiger partial charge in [0, 0.05) is 6.54 Å². The van der Waals surface area contributed by atoms with Gasteiger partial charge >= 0.3 is 6.03 Å². The molecule has 0 saturated carbocycles. The predicted octanol–water partition coefficient (Wildman–Crippen LogP) is 4.22. The summed E-state index contributed by atoms with van der Waals surface area (Å²) in [6, 6.07) is 15.5. The van der Waals surface area contributed by atoms with E-state index in [0.29, 0.717) is 13.2 Å². The minimum Gasteiger partial charge on any atom is -0.497 e. The number of nitrogens with one attached hydrogen (secondary N) is 2. The van der Waals surface area contributed by atoms with E-state index in [1.165, 1.54) is 0 Å². The summed E-state index contributed by atoms with van der Waals surface area (Å²) in [6.45, 7) is 5.20. The van der Waals surface area contributed by atoms with E-state index in [4.69, 9.17) is 9.47 Å². The number of para-hydroxylation sites is 1. The van der Waals surface area contributed by atoms with Crippen molar-refractivity contribution in [2.24, 2.45) is 0 Å². The van der Waals surface area contributed by atoms with E-state index in [1.807, 2.05) is 62.4 Å². The van der Waals surface area contributed by atoms with Gasteiger partial charge in [-0.2, -0.15) is 0 Å². The number of hydrogen-bond acceptors (Lipinski definition) is 3. The first-order valence-corrected chi connectivity index (χ1v) is 9.00. The monoisotopic (exact) mass is 356 g/mol. The van der Waals surface area contributed by atoms with Gasteiger partial charge in [-0.25, -0.2) is 4.79 Å². The van der Waals surface area contributed by atoms with Gasteiger partial charge in [0.05, 0.1) is 19.8 Å². The second-order valence-electron chi connectivity index (χ2n) is 6.10. The van der Waals surface area contributed by atoms with Crippen molar-refractivity contribution in [2.45, 2.75) is 32.7 Å². The van der Waals surface area contributed by atoms with Crippen molar-refractivity contribution >= 4 is 6.03 Å². The van der Waals surface area contributed by atoms with Crippen LogP contribution in [0.2, 0.25) is 0 Å². The smallest absolute Gasteiger partial charge is 0.315 e. The number of carbonyl (C=O) groups excluding carboxylic acids is 1. The highest BCUT2D eigenvalue weighted by molar-refractivity contribution is 5.74. The molecule has 2 N–H and O–H groups in total. The van der Waals surface area contributed by atoms with Gasteiger partial charge in [-0.15, -0.1) is 0 Å². The number of ether oxygens (including phenoxy) is 2. The molecule has 2 amide bonds. The highest BCUT2D eigenvalue weighted by atomic mass is 16.5. The van der Waals surface area contributed by atoms with E-state index >= 15 is 0 Å². The SMILES string of the molecule is CCC(NC(=O)NCCCOc1ccccc1C)c1ccc(OC)cc1. The molecule has 2 aromatic carbocycles. The summed E-state index contributed by atoms with van der Waals surface area (Å²) in [4.78, 5) is 12.1. The molecule has 0 radical (unpaired) electrons. The zero-order valence-electron chi connectivity index (χ0n) is 15.7. The van der Waals surface area contributed by atoms with Crippen LogP contribution in [0.25, 0.3) is 0 Å². The lowest BCUT2D eigenvalue weighted by Crippen LogP contribution is -2.38. The van der Waals surface area contributed by atoms with E-state index < -0.39 is 0 Å². The van der Waals surface area contributed by atoms with Gasteiger partial charge in [-0.05, 0) is 49.1 Å². The highest BCUT2D eigenvalue weighted by Gasteiger charge is 2.12. The Labute approximate surface area is 155 Å². The van der Waals surface area contributed by atoms with Crippen LogP contribution >= 0.6 is 0 Å². The molecule has 1 unspecified atom stereocenters. The minimum atomic E-state index is -0.163. The third-order valence-electron chi connectivity index (χ3n) is 4.19. The largest absolute Gasteiger partial charge is 0.497 e. The Balaban J connectivity index is 1.70. The first kappa shape index (κ1) is 19.6. The summed E-state index contributed by atoms with van der Waals surface area (Å²) >= 11 is 0. The van der Waals surface area contributed by atoms with Crippen molar-refractivity contribution in [3.63, 3.8) is 0 Å². The molecular formula is C21H28N2O3. The number of carbonyl (C=O) groups is 1. The van der Waals surface area contributed by atoms with Gasteiger partial charge in [-0.1, -0.05) is 37.3 Å². The number of aryl methyl sites for hydroxylation is 1. The van der Waals surface area contributed by atoms with Crippen molar-refractivity contribution in [2.75, 3.05) is 20.3 Å². The molecule has 0 fully saturated rings. The first-order chi connectivity index (χ1) is 12.6. The van der Waals surface area contributed by atoms with E-state index in [1.54, 1.807) is 7.11 Å². The lowest BCUT2D eigenvalue weighted by Gasteiger charge is -2.18. The van der Waals surface area contributed by atoms with E-state index in [-0.39, 0.29) is 12.1 Å². The van der Waals surface area contributed by atoms with Gasteiger partial charge in [0.25, 0.3) is 0 Å². The Kier molecular flexibility index (Phi) is 7.80. The zero-order chi connectivity index (χ0) is 18.8. The van der Waals surface area contributed by atoms with Gasteiger partial charge in [0.15, 0.2) is 0 Å². The summed E-state index contributed by atoms with van der Waals surface area (Å²) in [7, 11) is 1.64. The summed E-state index contributed by atoms with van der Waals surface area (Å²) in [5, 5.41) is 5.89. The van der Waals surface area contributed by atoms with Crippen molar-refractivity contribution in [3.05, 3.63) is 59.7 Å². The second kappa shape index (κ2) is 10.3. The maximum absolute atomic E-state index is 12.1. The summed E-state index contributed by atoms with van der Waals surface area (Å²) < 4.78 is 10.9. The van der Waals surface area contributed by atoms with Crippen molar-refractivity contribution in [1.29, 1.82) is 0 Å². The number of rotatable bonds is 9. The molecule has 0 saturated heterocycles. The van der Waals surface area contributed by atoms with Crippen LogP contribution in [-0.2, 0) is 0 Å². The van der Waals surface area contributed by atoms with Gasteiger partial charge in [0.2, 0.25) is 0 Å². The fraction of sp³-hybridized carbons (Fsp3) is 0.381. The molecule has 140 valence electrons. The number of benzene rings is 2. The molecule has 26 heavy (non-hydrogen) atoms. The van der Waals surface area contributed by atoms with Crippen LogP contribution in [0.3, 0.4) is 0 Å². The van der Waals surface area contributed by atoms with E-state index in [9.17, 15) is 4.79 Å². The van der Waals surface area contributed by atoms with Gasteiger partial charge in [0.1, 0.15) is 11.5 Å². The standard InChI is InChI=1S/C21H28N2O3/c1-4-19(17-10-12-18(25-3)13-11-17)23-21(24)22-14-7-15-26-20-9-6-5-8-16(20)2/h5-6,8-13,19H,4,7,14-15H2,1-3H3,(H2,22,23,24).